The van der Waals surface area contributed by atoms with Gasteiger partial charge in [-0.3, -0.25) is 0 Å². The summed E-state index contributed by atoms with van der Waals surface area (Å²) in [6.45, 7) is 4.16. The van der Waals surface area contributed by atoms with Gasteiger partial charge in [-0.1, -0.05) is 24.2 Å². The Morgan fingerprint density at radius 3 is 2.95 bits per heavy atom. The van der Waals surface area contributed by atoms with Crippen LogP contribution in [0.4, 0.5) is 0 Å². The molecule has 1 N–H and O–H groups in total. The predicted molar refractivity (Wildman–Crippen MR) is 77.2 cm³/mol. The Bertz CT molecular complexity index is 527. The maximum atomic E-state index is 5.10. The molecule has 19 heavy (non-hydrogen) atoms. The lowest BCUT2D eigenvalue weighted by Crippen LogP contribution is -2.11. The van der Waals surface area contributed by atoms with Crippen LogP contribution in [-0.4, -0.2) is 17.2 Å². The first-order valence-electron chi connectivity index (χ1n) is 6.44. The number of aryl methyl sites for hydroxylation is 1. The van der Waals surface area contributed by atoms with E-state index in [1.807, 2.05) is 14.0 Å². The molecule has 102 valence electrons. The van der Waals surface area contributed by atoms with Crippen LogP contribution in [0.15, 0.2) is 33.7 Å². The molecule has 0 amide bonds. The minimum absolute atomic E-state index is 0.359. The Balaban J connectivity index is 1.99. The smallest absolute Gasteiger partial charge is 0.226 e. The first-order valence-corrected chi connectivity index (χ1v) is 7.43. The summed E-state index contributed by atoms with van der Waals surface area (Å²) in [5, 5.41) is 7.20. The Morgan fingerprint density at radius 2 is 2.26 bits per heavy atom. The predicted octanol–water partition coefficient (Wildman–Crippen LogP) is 3.20. The molecule has 1 heterocycles. The zero-order chi connectivity index (χ0) is 13.7. The number of nitrogens with one attached hydrogen (secondary N) is 1. The summed E-state index contributed by atoms with van der Waals surface area (Å²) < 4.78 is 5.10. The third-order valence-corrected chi connectivity index (χ3v) is 3.96. The van der Waals surface area contributed by atoms with Gasteiger partial charge in [0, 0.05) is 17.4 Å². The molecule has 0 fully saturated rings. The molecule has 2 aromatic rings. The number of nitrogens with zero attached hydrogens (tertiary/aromatic N) is 2. The molecule has 4 nitrogen and oxygen atoms in total. The van der Waals surface area contributed by atoms with Crippen molar-refractivity contribution in [1.29, 1.82) is 0 Å². The summed E-state index contributed by atoms with van der Waals surface area (Å²) in [5.74, 6) is 2.20. The van der Waals surface area contributed by atoms with E-state index >= 15 is 0 Å². The van der Waals surface area contributed by atoms with E-state index in [9.17, 15) is 0 Å². The van der Waals surface area contributed by atoms with Gasteiger partial charge in [0.25, 0.3) is 0 Å². The summed E-state index contributed by atoms with van der Waals surface area (Å²) in [4.78, 5) is 5.53. The summed E-state index contributed by atoms with van der Waals surface area (Å²) in [6.07, 6.45) is 0.785. The molecule has 1 aromatic carbocycles. The number of hydrogen-bond acceptors (Lipinski definition) is 5. The first kappa shape index (κ1) is 14.1. The maximum Gasteiger partial charge on any atom is 0.226 e. The number of aromatic nitrogens is 2. The van der Waals surface area contributed by atoms with Crippen LogP contribution >= 0.6 is 11.8 Å². The van der Waals surface area contributed by atoms with E-state index in [4.69, 9.17) is 4.52 Å². The van der Waals surface area contributed by atoms with Crippen LogP contribution in [0.25, 0.3) is 0 Å². The lowest BCUT2D eigenvalue weighted by atomic mass is 10.1. The molecular formula is C14H19N3OS. The fraction of sp³-hybridized carbons (Fsp3) is 0.429. The van der Waals surface area contributed by atoms with Crippen molar-refractivity contribution >= 4 is 11.8 Å². The third-order valence-electron chi connectivity index (χ3n) is 2.97. The fourth-order valence-electron chi connectivity index (χ4n) is 1.68. The van der Waals surface area contributed by atoms with Crippen molar-refractivity contribution in [2.75, 3.05) is 7.05 Å². The van der Waals surface area contributed by atoms with E-state index in [0.717, 1.165) is 18.0 Å². The molecule has 0 saturated heterocycles. The van der Waals surface area contributed by atoms with Gasteiger partial charge in [-0.15, -0.1) is 11.8 Å². The van der Waals surface area contributed by atoms with Crippen molar-refractivity contribution in [3.63, 3.8) is 0 Å². The fourth-order valence-corrected chi connectivity index (χ4v) is 2.49. The first-order chi connectivity index (χ1) is 9.22. The molecular weight excluding hydrogens is 258 g/mol. The lowest BCUT2D eigenvalue weighted by molar-refractivity contribution is 0.378. The summed E-state index contributed by atoms with van der Waals surface area (Å²) in [6, 6.07) is 8.88. The van der Waals surface area contributed by atoms with Crippen molar-refractivity contribution in [2.45, 2.75) is 37.0 Å². The van der Waals surface area contributed by atoms with Gasteiger partial charge in [-0.05, 0) is 31.7 Å². The maximum absolute atomic E-state index is 5.10. The quantitative estimate of drug-likeness (QED) is 0.822. The second kappa shape index (κ2) is 6.73. The van der Waals surface area contributed by atoms with E-state index in [-0.39, 0.29) is 0 Å². The Morgan fingerprint density at radius 1 is 1.42 bits per heavy atom. The normalized spacial score (nSPS) is 12.6. The highest BCUT2D eigenvalue weighted by Gasteiger charge is 2.07. The van der Waals surface area contributed by atoms with E-state index in [1.54, 1.807) is 11.8 Å². The molecule has 0 spiro atoms. The van der Waals surface area contributed by atoms with Gasteiger partial charge >= 0.3 is 0 Å². The van der Waals surface area contributed by atoms with Crippen LogP contribution in [0.1, 0.15) is 37.2 Å². The monoisotopic (exact) mass is 277 g/mol. The minimum Gasteiger partial charge on any atom is -0.339 e. The molecule has 0 bridgehead atoms. The van der Waals surface area contributed by atoms with E-state index in [2.05, 4.69) is 46.6 Å². The number of hydrogen-bond donors (Lipinski definition) is 1. The SMILES string of the molecule is CCc1nc(CSc2cccc(C(C)NC)c2)no1. The third kappa shape index (κ3) is 3.81. The number of benzene rings is 1. The van der Waals surface area contributed by atoms with Gasteiger partial charge in [0.1, 0.15) is 0 Å². The van der Waals surface area contributed by atoms with Gasteiger partial charge in [0.15, 0.2) is 5.82 Å². The molecule has 2 rings (SSSR count). The van der Waals surface area contributed by atoms with Crippen LogP contribution in [0.5, 0.6) is 0 Å². The Kier molecular flexibility index (Phi) is 4.99. The molecule has 1 unspecified atom stereocenters. The van der Waals surface area contributed by atoms with Crippen LogP contribution in [-0.2, 0) is 12.2 Å². The average molecular weight is 277 g/mol. The zero-order valence-electron chi connectivity index (χ0n) is 11.5. The average Bonchev–Trinajstić information content (AvgIpc) is 2.92. The second-order valence-electron chi connectivity index (χ2n) is 4.33. The second-order valence-corrected chi connectivity index (χ2v) is 5.38. The lowest BCUT2D eigenvalue weighted by Gasteiger charge is -2.11. The van der Waals surface area contributed by atoms with Gasteiger partial charge in [-0.25, -0.2) is 0 Å². The highest BCUT2D eigenvalue weighted by molar-refractivity contribution is 7.98. The van der Waals surface area contributed by atoms with E-state index in [1.165, 1.54) is 10.5 Å². The highest BCUT2D eigenvalue weighted by atomic mass is 32.2. The van der Waals surface area contributed by atoms with Crippen LogP contribution < -0.4 is 5.32 Å². The molecule has 0 saturated carbocycles. The molecule has 0 aliphatic carbocycles. The molecule has 1 aromatic heterocycles. The van der Waals surface area contributed by atoms with Gasteiger partial charge in [-0.2, -0.15) is 4.98 Å². The molecule has 0 aliphatic heterocycles. The largest absolute Gasteiger partial charge is 0.339 e. The Hall–Kier alpha value is -1.33. The van der Waals surface area contributed by atoms with Gasteiger partial charge < -0.3 is 9.84 Å². The highest BCUT2D eigenvalue weighted by Crippen LogP contribution is 2.24. The summed E-state index contributed by atoms with van der Waals surface area (Å²) in [7, 11) is 1.97. The molecule has 5 heteroatoms. The van der Waals surface area contributed by atoms with Crippen molar-refractivity contribution in [3.05, 3.63) is 41.5 Å². The van der Waals surface area contributed by atoms with Crippen LogP contribution in [0.2, 0.25) is 0 Å². The molecule has 0 aliphatic rings. The van der Waals surface area contributed by atoms with Crippen molar-refractivity contribution in [1.82, 2.24) is 15.5 Å². The van der Waals surface area contributed by atoms with Gasteiger partial charge in [0.2, 0.25) is 5.89 Å². The zero-order valence-corrected chi connectivity index (χ0v) is 12.3. The summed E-state index contributed by atoms with van der Waals surface area (Å²) >= 11 is 1.73. The topological polar surface area (TPSA) is 51.0 Å². The minimum atomic E-state index is 0.359. The van der Waals surface area contributed by atoms with E-state index < -0.39 is 0 Å². The Labute approximate surface area is 118 Å². The number of thioether (sulfide) groups is 1. The van der Waals surface area contributed by atoms with Gasteiger partial charge in [0.05, 0.1) is 5.75 Å². The molecule has 0 radical (unpaired) electrons. The van der Waals surface area contributed by atoms with Crippen LogP contribution in [0, 0.1) is 0 Å². The van der Waals surface area contributed by atoms with Crippen molar-refractivity contribution in [2.24, 2.45) is 0 Å². The number of rotatable bonds is 6. The van der Waals surface area contributed by atoms with Crippen molar-refractivity contribution < 1.29 is 4.52 Å². The molecule has 1 atom stereocenters. The van der Waals surface area contributed by atoms with Crippen LogP contribution in [0.3, 0.4) is 0 Å². The summed E-state index contributed by atoms with van der Waals surface area (Å²) in [5.41, 5.74) is 1.29. The standard InChI is InChI=1S/C14H19N3OS/c1-4-14-16-13(17-18-14)9-19-12-7-5-6-11(8-12)10(2)15-3/h5-8,10,15H,4,9H2,1-3H3. The van der Waals surface area contributed by atoms with E-state index in [0.29, 0.717) is 11.9 Å². The van der Waals surface area contributed by atoms with Crippen molar-refractivity contribution in [3.8, 4) is 0 Å².